The van der Waals surface area contributed by atoms with Crippen LogP contribution >= 0.6 is 11.8 Å². The van der Waals surface area contributed by atoms with Crippen LogP contribution in [-0.2, 0) is 5.75 Å². The smallest absolute Gasteiger partial charge is 0.196 e. The van der Waals surface area contributed by atoms with Gasteiger partial charge in [-0.25, -0.2) is 8.78 Å². The second-order valence-electron chi connectivity index (χ2n) is 6.21. The summed E-state index contributed by atoms with van der Waals surface area (Å²) in [7, 11) is 0. The fourth-order valence-corrected chi connectivity index (χ4v) is 3.75. The summed E-state index contributed by atoms with van der Waals surface area (Å²) in [5, 5.41) is 9.12. The zero-order valence-corrected chi connectivity index (χ0v) is 15.8. The topological polar surface area (TPSA) is 43.6 Å². The molecule has 0 unspecified atom stereocenters. The fraction of sp³-hybridized carbons (Fsp3) is 0.0952. The van der Waals surface area contributed by atoms with Crippen molar-refractivity contribution in [3.63, 3.8) is 0 Å². The Hall–Kier alpha value is -3.06. The molecule has 0 N–H and O–H groups in total. The lowest BCUT2D eigenvalue weighted by Gasteiger charge is -2.11. The molecule has 4 nitrogen and oxygen atoms in total. The van der Waals surface area contributed by atoms with Crippen LogP contribution in [0.1, 0.15) is 11.1 Å². The lowest BCUT2D eigenvalue weighted by Crippen LogP contribution is -2.01. The SMILES string of the molecule is Cc1ccc(-n2c(SCc3c(F)cccc3F)nnc2-c2cccnc2)cc1. The molecular weight excluding hydrogens is 378 g/mol. The van der Waals surface area contributed by atoms with Crippen LogP contribution < -0.4 is 0 Å². The molecule has 2 aromatic carbocycles. The maximum absolute atomic E-state index is 14.0. The standard InChI is InChI=1S/C21H16F2N4S/c1-14-7-9-16(10-8-14)27-20(15-4-3-11-24-12-15)25-26-21(27)28-13-17-18(22)5-2-6-19(17)23/h2-12H,13H2,1H3. The minimum atomic E-state index is -0.568. The Morgan fingerprint density at radius 2 is 1.68 bits per heavy atom. The van der Waals surface area contributed by atoms with Crippen molar-refractivity contribution in [2.75, 3.05) is 0 Å². The van der Waals surface area contributed by atoms with Gasteiger partial charge in [0.2, 0.25) is 0 Å². The summed E-state index contributed by atoms with van der Waals surface area (Å²) >= 11 is 1.23. The molecule has 4 rings (SSSR count). The van der Waals surface area contributed by atoms with Crippen molar-refractivity contribution in [2.45, 2.75) is 17.8 Å². The number of hydrogen-bond donors (Lipinski definition) is 0. The number of pyridine rings is 1. The van der Waals surface area contributed by atoms with E-state index < -0.39 is 11.6 Å². The van der Waals surface area contributed by atoms with E-state index in [9.17, 15) is 8.78 Å². The van der Waals surface area contributed by atoms with E-state index in [4.69, 9.17) is 0 Å². The Balaban J connectivity index is 1.75. The first-order chi connectivity index (χ1) is 13.6. The van der Waals surface area contributed by atoms with E-state index >= 15 is 0 Å². The number of hydrogen-bond acceptors (Lipinski definition) is 4. The molecule has 0 atom stereocenters. The monoisotopic (exact) mass is 394 g/mol. The summed E-state index contributed by atoms with van der Waals surface area (Å²) in [6.07, 6.45) is 3.40. The van der Waals surface area contributed by atoms with Crippen LogP contribution in [-0.4, -0.2) is 19.7 Å². The average Bonchev–Trinajstić information content (AvgIpc) is 3.13. The van der Waals surface area contributed by atoms with Crippen LogP contribution in [0.2, 0.25) is 0 Å². The van der Waals surface area contributed by atoms with Crippen molar-refractivity contribution in [3.8, 4) is 17.1 Å². The molecule has 0 radical (unpaired) electrons. The first-order valence-electron chi connectivity index (χ1n) is 8.62. The molecule has 0 saturated carbocycles. The summed E-state index contributed by atoms with van der Waals surface area (Å²) in [5.74, 6) is -0.411. The van der Waals surface area contributed by atoms with Crippen LogP contribution in [0.3, 0.4) is 0 Å². The van der Waals surface area contributed by atoms with Crippen molar-refractivity contribution in [1.82, 2.24) is 19.7 Å². The second kappa shape index (κ2) is 7.90. The molecule has 0 aliphatic carbocycles. The number of rotatable bonds is 5. The van der Waals surface area contributed by atoms with Gasteiger partial charge in [0.25, 0.3) is 0 Å². The molecule has 2 heterocycles. The minimum Gasteiger partial charge on any atom is -0.270 e. The zero-order chi connectivity index (χ0) is 19.5. The van der Waals surface area contributed by atoms with Gasteiger partial charge in [-0.15, -0.1) is 10.2 Å². The summed E-state index contributed by atoms with van der Waals surface area (Å²) < 4.78 is 29.8. The highest BCUT2D eigenvalue weighted by atomic mass is 32.2. The Morgan fingerprint density at radius 3 is 2.36 bits per heavy atom. The van der Waals surface area contributed by atoms with Gasteiger partial charge < -0.3 is 0 Å². The number of benzene rings is 2. The number of thioether (sulfide) groups is 1. The molecule has 0 spiro atoms. The summed E-state index contributed by atoms with van der Waals surface area (Å²) in [6.45, 7) is 2.01. The lowest BCUT2D eigenvalue weighted by atomic mass is 10.2. The Morgan fingerprint density at radius 1 is 0.929 bits per heavy atom. The van der Waals surface area contributed by atoms with Gasteiger partial charge in [0, 0.05) is 35.0 Å². The number of aromatic nitrogens is 4. The van der Waals surface area contributed by atoms with Crippen LogP contribution in [0.15, 0.2) is 72.1 Å². The molecule has 7 heteroatoms. The first-order valence-corrected chi connectivity index (χ1v) is 9.60. The highest BCUT2D eigenvalue weighted by Crippen LogP contribution is 2.30. The van der Waals surface area contributed by atoms with Gasteiger partial charge in [-0.2, -0.15) is 0 Å². The molecule has 0 aliphatic heterocycles. The summed E-state index contributed by atoms with van der Waals surface area (Å²) in [6, 6.07) is 15.5. The van der Waals surface area contributed by atoms with Crippen molar-refractivity contribution in [2.24, 2.45) is 0 Å². The van der Waals surface area contributed by atoms with Crippen molar-refractivity contribution >= 4 is 11.8 Å². The molecule has 0 bridgehead atoms. The van der Waals surface area contributed by atoms with E-state index in [1.54, 1.807) is 12.4 Å². The predicted octanol–water partition coefficient (Wildman–Crippen LogP) is 5.21. The summed E-state index contributed by atoms with van der Waals surface area (Å²) in [5.41, 5.74) is 2.82. The van der Waals surface area contributed by atoms with E-state index in [-0.39, 0.29) is 11.3 Å². The second-order valence-corrected chi connectivity index (χ2v) is 7.15. The Kier molecular flexibility index (Phi) is 5.16. The quantitative estimate of drug-likeness (QED) is 0.436. The van der Waals surface area contributed by atoms with Gasteiger partial charge in [0.1, 0.15) is 11.6 Å². The molecule has 140 valence electrons. The van der Waals surface area contributed by atoms with E-state index in [2.05, 4.69) is 15.2 Å². The molecule has 4 aromatic rings. The summed E-state index contributed by atoms with van der Waals surface area (Å²) in [4.78, 5) is 4.15. The normalized spacial score (nSPS) is 11.0. The van der Waals surface area contributed by atoms with Crippen molar-refractivity contribution in [1.29, 1.82) is 0 Å². The van der Waals surface area contributed by atoms with Crippen LogP contribution in [0, 0.1) is 18.6 Å². The molecular formula is C21H16F2N4S. The van der Waals surface area contributed by atoms with E-state index in [1.807, 2.05) is 47.9 Å². The number of aryl methyl sites for hydroxylation is 1. The van der Waals surface area contributed by atoms with Crippen LogP contribution in [0.5, 0.6) is 0 Å². The Bertz CT molecular complexity index is 1080. The average molecular weight is 394 g/mol. The minimum absolute atomic E-state index is 0.0221. The number of halogens is 2. The molecule has 0 aliphatic rings. The molecule has 0 amide bonds. The first kappa shape index (κ1) is 18.3. The van der Waals surface area contributed by atoms with Gasteiger partial charge in [0.15, 0.2) is 11.0 Å². The van der Waals surface area contributed by atoms with Crippen molar-refractivity contribution in [3.05, 3.63) is 89.8 Å². The van der Waals surface area contributed by atoms with Crippen molar-refractivity contribution < 1.29 is 8.78 Å². The van der Waals surface area contributed by atoms with Crippen LogP contribution in [0.25, 0.3) is 17.1 Å². The van der Waals surface area contributed by atoms with Gasteiger partial charge in [-0.1, -0.05) is 35.5 Å². The maximum atomic E-state index is 14.0. The largest absolute Gasteiger partial charge is 0.270 e. The predicted molar refractivity (Wildman–Crippen MR) is 105 cm³/mol. The van der Waals surface area contributed by atoms with Gasteiger partial charge in [0.05, 0.1) is 0 Å². The molecule has 0 fully saturated rings. The third-order valence-electron chi connectivity index (χ3n) is 4.25. The third-order valence-corrected chi connectivity index (χ3v) is 5.21. The highest BCUT2D eigenvalue weighted by molar-refractivity contribution is 7.98. The zero-order valence-electron chi connectivity index (χ0n) is 15.0. The molecule has 0 saturated heterocycles. The molecule has 28 heavy (non-hydrogen) atoms. The van der Waals surface area contributed by atoms with E-state index in [1.165, 1.54) is 30.0 Å². The molecule has 2 aromatic heterocycles. The van der Waals surface area contributed by atoms with Gasteiger partial charge in [-0.05, 0) is 43.3 Å². The maximum Gasteiger partial charge on any atom is 0.196 e. The third kappa shape index (κ3) is 3.66. The van der Waals surface area contributed by atoms with E-state index in [0.29, 0.717) is 11.0 Å². The number of nitrogens with zero attached hydrogens (tertiary/aromatic N) is 4. The Labute approximate surface area is 165 Å². The lowest BCUT2D eigenvalue weighted by molar-refractivity contribution is 0.566. The highest BCUT2D eigenvalue weighted by Gasteiger charge is 2.18. The van der Waals surface area contributed by atoms with E-state index in [0.717, 1.165) is 16.8 Å². The fourth-order valence-electron chi connectivity index (χ4n) is 2.78. The van der Waals surface area contributed by atoms with Crippen LogP contribution in [0.4, 0.5) is 8.78 Å². The van der Waals surface area contributed by atoms with Gasteiger partial charge in [-0.3, -0.25) is 9.55 Å². The van der Waals surface area contributed by atoms with Gasteiger partial charge >= 0.3 is 0 Å².